The van der Waals surface area contributed by atoms with Crippen molar-refractivity contribution >= 4 is 0 Å². The molecule has 0 unspecified atom stereocenters. The first kappa shape index (κ1) is 8.89. The molecule has 0 saturated carbocycles. The summed E-state index contributed by atoms with van der Waals surface area (Å²) in [5, 5.41) is 18.4. The second-order valence-corrected chi connectivity index (χ2v) is 2.58. The van der Waals surface area contributed by atoms with Gasteiger partial charge in [-0.1, -0.05) is 0 Å². The van der Waals surface area contributed by atoms with Crippen molar-refractivity contribution in [2.45, 2.75) is 24.5 Å². The van der Waals surface area contributed by atoms with Crippen LogP contribution in [0.15, 0.2) is 0 Å². The monoisotopic (exact) mass is 163 g/mol. The van der Waals surface area contributed by atoms with Crippen LogP contribution in [-0.4, -0.2) is 48.5 Å². The van der Waals surface area contributed by atoms with E-state index in [0.29, 0.717) is 0 Å². The predicted molar refractivity (Wildman–Crippen MR) is 36.7 cm³/mol. The van der Waals surface area contributed by atoms with Crippen molar-refractivity contribution in [3.05, 3.63) is 0 Å². The van der Waals surface area contributed by atoms with E-state index < -0.39 is 24.5 Å². The summed E-state index contributed by atoms with van der Waals surface area (Å²) < 4.78 is 9.70. The molecule has 4 atom stereocenters. The minimum Gasteiger partial charge on any atom is -0.388 e. The second kappa shape index (κ2) is 3.46. The summed E-state index contributed by atoms with van der Waals surface area (Å²) in [6.45, 7) is 0.205. The number of methoxy groups -OCH3 is 1. The fourth-order valence-corrected chi connectivity index (χ4v) is 1.02. The van der Waals surface area contributed by atoms with Gasteiger partial charge in [0.25, 0.3) is 0 Å². The van der Waals surface area contributed by atoms with Crippen molar-refractivity contribution < 1.29 is 19.7 Å². The van der Waals surface area contributed by atoms with Crippen molar-refractivity contribution in [1.29, 1.82) is 0 Å². The molecule has 1 saturated heterocycles. The third kappa shape index (κ3) is 1.69. The number of rotatable bonds is 1. The lowest BCUT2D eigenvalue weighted by atomic mass is 10.0. The Hall–Kier alpha value is -0.200. The third-order valence-electron chi connectivity index (χ3n) is 1.75. The lowest BCUT2D eigenvalue weighted by Gasteiger charge is -2.34. The van der Waals surface area contributed by atoms with E-state index in [2.05, 4.69) is 0 Å². The Balaban J connectivity index is 2.52. The van der Waals surface area contributed by atoms with Crippen molar-refractivity contribution in [3.63, 3.8) is 0 Å². The molecule has 11 heavy (non-hydrogen) atoms. The summed E-state index contributed by atoms with van der Waals surface area (Å²) >= 11 is 0. The fourth-order valence-electron chi connectivity index (χ4n) is 1.02. The van der Waals surface area contributed by atoms with E-state index in [1.807, 2.05) is 0 Å². The lowest BCUT2D eigenvalue weighted by Crippen LogP contribution is -2.56. The quantitative estimate of drug-likeness (QED) is 0.418. The Bertz CT molecular complexity index is 130. The maximum Gasteiger partial charge on any atom is 0.185 e. The van der Waals surface area contributed by atoms with Crippen molar-refractivity contribution in [3.8, 4) is 0 Å². The lowest BCUT2D eigenvalue weighted by molar-refractivity contribution is -0.237. The van der Waals surface area contributed by atoms with Crippen LogP contribution in [0.2, 0.25) is 0 Å². The summed E-state index contributed by atoms with van der Waals surface area (Å²) in [7, 11) is 1.40. The van der Waals surface area contributed by atoms with Gasteiger partial charge in [0.2, 0.25) is 0 Å². The Morgan fingerprint density at radius 3 is 2.64 bits per heavy atom. The van der Waals surface area contributed by atoms with E-state index in [1.54, 1.807) is 0 Å². The highest BCUT2D eigenvalue weighted by Crippen LogP contribution is 2.14. The van der Waals surface area contributed by atoms with Crippen LogP contribution in [0.3, 0.4) is 0 Å². The number of aliphatic hydroxyl groups excluding tert-OH is 2. The maximum absolute atomic E-state index is 9.23. The molecule has 5 nitrogen and oxygen atoms in total. The molecule has 1 fully saturated rings. The van der Waals surface area contributed by atoms with Crippen LogP contribution in [0.1, 0.15) is 0 Å². The topological polar surface area (TPSA) is 84.9 Å². The van der Waals surface area contributed by atoms with Gasteiger partial charge in [-0.15, -0.1) is 0 Å². The Morgan fingerprint density at radius 1 is 1.45 bits per heavy atom. The summed E-state index contributed by atoms with van der Waals surface area (Å²) in [5.74, 6) is 0. The highest BCUT2D eigenvalue weighted by Gasteiger charge is 2.36. The van der Waals surface area contributed by atoms with E-state index in [4.69, 9.17) is 15.2 Å². The van der Waals surface area contributed by atoms with Crippen LogP contribution in [0.5, 0.6) is 0 Å². The minimum atomic E-state index is -1.05. The molecule has 0 aliphatic carbocycles. The molecule has 1 rings (SSSR count). The van der Waals surface area contributed by atoms with Crippen LogP contribution in [0, 0.1) is 0 Å². The SMILES string of the molecule is CO[C@H]1OC[C@@H](N)[C@H](O)[C@H]1O. The van der Waals surface area contributed by atoms with Crippen LogP contribution in [-0.2, 0) is 9.47 Å². The highest BCUT2D eigenvalue weighted by molar-refractivity contribution is 4.84. The van der Waals surface area contributed by atoms with E-state index >= 15 is 0 Å². The van der Waals surface area contributed by atoms with Gasteiger partial charge >= 0.3 is 0 Å². The number of hydrogen-bond donors (Lipinski definition) is 3. The van der Waals surface area contributed by atoms with E-state index in [9.17, 15) is 10.2 Å². The van der Waals surface area contributed by atoms with Crippen LogP contribution >= 0.6 is 0 Å². The van der Waals surface area contributed by atoms with Gasteiger partial charge in [0.15, 0.2) is 6.29 Å². The molecular weight excluding hydrogens is 150 g/mol. The average Bonchev–Trinajstić information content (AvgIpc) is 2.01. The zero-order valence-electron chi connectivity index (χ0n) is 6.30. The zero-order valence-corrected chi connectivity index (χ0v) is 6.30. The number of nitrogens with two attached hydrogens (primary N) is 1. The predicted octanol–water partition coefficient (Wildman–Crippen LogP) is -1.96. The largest absolute Gasteiger partial charge is 0.388 e. The van der Waals surface area contributed by atoms with Gasteiger partial charge in [-0.3, -0.25) is 0 Å². The maximum atomic E-state index is 9.23. The summed E-state index contributed by atoms with van der Waals surface area (Å²) in [4.78, 5) is 0. The minimum absolute atomic E-state index is 0.205. The van der Waals surface area contributed by atoms with Crippen LogP contribution in [0.4, 0.5) is 0 Å². The summed E-state index contributed by atoms with van der Waals surface area (Å²) in [6.07, 6.45) is -2.78. The van der Waals surface area contributed by atoms with E-state index in [-0.39, 0.29) is 6.61 Å². The molecule has 1 aliphatic rings. The Kier molecular flexibility index (Phi) is 2.80. The van der Waals surface area contributed by atoms with Crippen LogP contribution in [0.25, 0.3) is 0 Å². The Morgan fingerprint density at radius 2 is 2.09 bits per heavy atom. The van der Waals surface area contributed by atoms with Gasteiger partial charge in [0.05, 0.1) is 12.6 Å². The number of hydrogen-bond acceptors (Lipinski definition) is 5. The van der Waals surface area contributed by atoms with Crippen molar-refractivity contribution in [2.24, 2.45) is 5.73 Å². The van der Waals surface area contributed by atoms with Gasteiger partial charge in [0, 0.05) is 7.11 Å². The highest BCUT2D eigenvalue weighted by atomic mass is 16.7. The first-order chi connectivity index (χ1) is 5.16. The van der Waals surface area contributed by atoms with Crippen LogP contribution < -0.4 is 5.73 Å². The molecule has 4 N–H and O–H groups in total. The average molecular weight is 163 g/mol. The van der Waals surface area contributed by atoms with E-state index in [1.165, 1.54) is 7.11 Å². The molecule has 0 amide bonds. The van der Waals surface area contributed by atoms with Gasteiger partial charge in [-0.25, -0.2) is 0 Å². The molecule has 1 heterocycles. The van der Waals surface area contributed by atoms with Gasteiger partial charge in [0.1, 0.15) is 12.2 Å². The van der Waals surface area contributed by atoms with Gasteiger partial charge < -0.3 is 25.4 Å². The van der Waals surface area contributed by atoms with Gasteiger partial charge in [-0.2, -0.15) is 0 Å². The molecule has 0 aromatic heterocycles. The number of ether oxygens (including phenoxy) is 2. The van der Waals surface area contributed by atoms with E-state index in [0.717, 1.165) is 0 Å². The molecule has 5 heteroatoms. The standard InChI is InChI=1S/C6H13NO4/c1-10-6-5(9)4(8)3(7)2-11-6/h3-6,8-9H,2,7H2,1H3/t3-,4+,5-,6+/m1/s1. The molecule has 0 aromatic carbocycles. The summed E-state index contributed by atoms with van der Waals surface area (Å²) in [5.41, 5.74) is 5.40. The smallest absolute Gasteiger partial charge is 0.185 e. The zero-order chi connectivity index (χ0) is 8.43. The van der Waals surface area contributed by atoms with Crippen molar-refractivity contribution in [2.75, 3.05) is 13.7 Å². The molecule has 0 aromatic rings. The first-order valence-corrected chi connectivity index (χ1v) is 3.43. The summed E-state index contributed by atoms with van der Waals surface area (Å²) in [6, 6.07) is -0.531. The Labute approximate surface area is 64.7 Å². The second-order valence-electron chi connectivity index (χ2n) is 2.58. The number of aliphatic hydroxyl groups is 2. The first-order valence-electron chi connectivity index (χ1n) is 3.43. The van der Waals surface area contributed by atoms with Gasteiger partial charge in [-0.05, 0) is 0 Å². The fraction of sp³-hybridized carbons (Fsp3) is 1.00. The molecule has 0 radical (unpaired) electrons. The third-order valence-corrected chi connectivity index (χ3v) is 1.75. The van der Waals surface area contributed by atoms with Crippen molar-refractivity contribution in [1.82, 2.24) is 0 Å². The molecule has 66 valence electrons. The normalized spacial score (nSPS) is 45.8. The molecule has 1 aliphatic heterocycles. The molecule has 0 bridgehead atoms. The molecular formula is C6H13NO4. The molecule has 0 spiro atoms.